The third-order valence-electron chi connectivity index (χ3n) is 12.3. The molecule has 0 bridgehead atoms. The van der Waals surface area contributed by atoms with E-state index in [4.69, 9.17) is 0 Å². The quantitative estimate of drug-likeness (QED) is 0.156. The van der Waals surface area contributed by atoms with Crippen LogP contribution in [-0.4, -0.2) is 0 Å². The molecule has 1 aliphatic carbocycles. The van der Waals surface area contributed by atoms with Crippen LogP contribution in [0.4, 0.5) is 17.1 Å². The van der Waals surface area contributed by atoms with Crippen molar-refractivity contribution in [2.24, 2.45) is 0 Å². The number of fused-ring (bicyclic) bond motifs is 6. The Kier molecular flexibility index (Phi) is 8.43. The SMILES string of the molecule is CC1(C)c2ccccc2-c2cccc(N(c3ccc(-c4ccc5c(c4)sc4ccccc45)cc3)c3cccc(-c4ccccc4)c3-c3ccccc3-c3ccccc3)c21. The van der Waals surface area contributed by atoms with Crippen LogP contribution in [0.2, 0.25) is 0 Å². The van der Waals surface area contributed by atoms with Crippen molar-refractivity contribution in [3.8, 4) is 55.6 Å². The van der Waals surface area contributed by atoms with Crippen LogP contribution in [0, 0.1) is 0 Å². The molecule has 59 heavy (non-hydrogen) atoms. The first kappa shape index (κ1) is 35.2. The Hall–Kier alpha value is -7.00. The average molecular weight is 772 g/mol. The van der Waals surface area contributed by atoms with Gasteiger partial charge in [-0.25, -0.2) is 0 Å². The molecule has 0 atom stereocenters. The molecule has 0 spiro atoms. The number of hydrogen-bond acceptors (Lipinski definition) is 2. The molecule has 9 aromatic carbocycles. The minimum atomic E-state index is -0.223. The van der Waals surface area contributed by atoms with Gasteiger partial charge >= 0.3 is 0 Å². The maximum absolute atomic E-state index is 2.54. The van der Waals surface area contributed by atoms with Gasteiger partial charge in [-0.05, 0) is 97.6 Å². The number of thiophene rings is 1. The number of nitrogens with zero attached hydrogens (tertiary/aromatic N) is 1. The molecule has 10 aromatic rings. The van der Waals surface area contributed by atoms with Gasteiger partial charge in [0.1, 0.15) is 0 Å². The van der Waals surface area contributed by atoms with Crippen molar-refractivity contribution >= 4 is 48.6 Å². The van der Waals surface area contributed by atoms with Gasteiger partial charge in [-0.1, -0.05) is 190 Å². The van der Waals surface area contributed by atoms with Crippen molar-refractivity contribution in [1.29, 1.82) is 0 Å². The van der Waals surface area contributed by atoms with E-state index in [1.54, 1.807) is 0 Å². The predicted octanol–water partition coefficient (Wildman–Crippen LogP) is 16.5. The number of anilines is 3. The fourth-order valence-electron chi connectivity index (χ4n) is 9.56. The van der Waals surface area contributed by atoms with Crippen LogP contribution in [0.3, 0.4) is 0 Å². The number of benzene rings is 9. The van der Waals surface area contributed by atoms with E-state index in [2.05, 4.69) is 231 Å². The molecule has 280 valence electrons. The maximum Gasteiger partial charge on any atom is 0.0546 e. The highest BCUT2D eigenvalue weighted by Crippen LogP contribution is 2.56. The molecule has 0 aliphatic heterocycles. The van der Waals surface area contributed by atoms with Crippen molar-refractivity contribution in [2.45, 2.75) is 19.3 Å². The Bertz CT molecular complexity index is 3170. The summed E-state index contributed by atoms with van der Waals surface area (Å²) in [4.78, 5) is 2.54. The second-order valence-corrected chi connectivity index (χ2v) is 17.1. The van der Waals surface area contributed by atoms with E-state index in [0.717, 1.165) is 11.4 Å². The van der Waals surface area contributed by atoms with Gasteiger partial charge in [0.05, 0.1) is 11.4 Å². The molecule has 11 rings (SSSR count). The van der Waals surface area contributed by atoms with E-state index < -0.39 is 0 Å². The predicted molar refractivity (Wildman–Crippen MR) is 253 cm³/mol. The van der Waals surface area contributed by atoms with Crippen LogP contribution < -0.4 is 4.90 Å². The molecular formula is C57H41NS. The number of hydrogen-bond donors (Lipinski definition) is 0. The van der Waals surface area contributed by atoms with E-state index in [1.165, 1.54) is 92.6 Å². The summed E-state index contributed by atoms with van der Waals surface area (Å²) in [5.74, 6) is 0. The maximum atomic E-state index is 2.54. The van der Waals surface area contributed by atoms with Gasteiger partial charge in [0.25, 0.3) is 0 Å². The van der Waals surface area contributed by atoms with Crippen LogP contribution in [0.1, 0.15) is 25.0 Å². The van der Waals surface area contributed by atoms with E-state index >= 15 is 0 Å². The summed E-state index contributed by atoms with van der Waals surface area (Å²) < 4.78 is 2.64. The van der Waals surface area contributed by atoms with Gasteiger partial charge < -0.3 is 4.90 Å². The highest BCUT2D eigenvalue weighted by Gasteiger charge is 2.39. The van der Waals surface area contributed by atoms with Crippen LogP contribution in [0.5, 0.6) is 0 Å². The molecule has 2 heteroatoms. The molecule has 0 saturated carbocycles. The fourth-order valence-corrected chi connectivity index (χ4v) is 10.7. The second-order valence-electron chi connectivity index (χ2n) is 16.0. The van der Waals surface area contributed by atoms with Gasteiger partial charge in [0.2, 0.25) is 0 Å². The lowest BCUT2D eigenvalue weighted by Gasteiger charge is -2.34. The van der Waals surface area contributed by atoms with E-state index in [9.17, 15) is 0 Å². The monoisotopic (exact) mass is 771 g/mol. The topological polar surface area (TPSA) is 3.24 Å². The minimum absolute atomic E-state index is 0.223. The smallest absolute Gasteiger partial charge is 0.0546 e. The summed E-state index contributed by atoms with van der Waals surface area (Å²) in [5, 5.41) is 2.65. The lowest BCUT2D eigenvalue weighted by molar-refractivity contribution is 0.661. The lowest BCUT2D eigenvalue weighted by Crippen LogP contribution is -2.21. The minimum Gasteiger partial charge on any atom is -0.310 e. The third-order valence-corrected chi connectivity index (χ3v) is 13.4. The summed E-state index contributed by atoms with van der Waals surface area (Å²) in [6, 6.07) is 78.2. The molecule has 1 aromatic heterocycles. The molecule has 0 radical (unpaired) electrons. The summed E-state index contributed by atoms with van der Waals surface area (Å²) in [6.45, 7) is 4.77. The van der Waals surface area contributed by atoms with Gasteiger partial charge in [-0.15, -0.1) is 11.3 Å². The molecular weight excluding hydrogens is 731 g/mol. The highest BCUT2D eigenvalue weighted by molar-refractivity contribution is 7.25. The summed E-state index contributed by atoms with van der Waals surface area (Å²) in [7, 11) is 0. The van der Waals surface area contributed by atoms with Crippen molar-refractivity contribution < 1.29 is 0 Å². The highest BCUT2D eigenvalue weighted by atomic mass is 32.1. The molecule has 0 fully saturated rings. The summed E-state index contributed by atoms with van der Waals surface area (Å²) in [5.41, 5.74) is 18.1. The first-order valence-electron chi connectivity index (χ1n) is 20.4. The Balaban J connectivity index is 1.16. The van der Waals surface area contributed by atoms with Crippen LogP contribution in [0.15, 0.2) is 212 Å². The van der Waals surface area contributed by atoms with E-state index in [-0.39, 0.29) is 5.41 Å². The number of rotatable bonds is 7. The first-order chi connectivity index (χ1) is 29.0. The van der Waals surface area contributed by atoms with Crippen molar-refractivity contribution in [3.05, 3.63) is 223 Å². The van der Waals surface area contributed by atoms with E-state index in [0.29, 0.717) is 0 Å². The second kappa shape index (κ2) is 14.1. The van der Waals surface area contributed by atoms with Crippen LogP contribution in [0.25, 0.3) is 75.8 Å². The zero-order valence-electron chi connectivity index (χ0n) is 33.1. The molecule has 0 N–H and O–H groups in total. The van der Waals surface area contributed by atoms with Gasteiger partial charge in [-0.2, -0.15) is 0 Å². The van der Waals surface area contributed by atoms with Crippen molar-refractivity contribution in [2.75, 3.05) is 4.90 Å². The van der Waals surface area contributed by atoms with Crippen LogP contribution in [-0.2, 0) is 5.41 Å². The average Bonchev–Trinajstić information content (AvgIpc) is 3.79. The molecule has 1 aliphatic rings. The largest absolute Gasteiger partial charge is 0.310 e. The Morgan fingerprint density at radius 2 is 0.932 bits per heavy atom. The molecule has 1 nitrogen and oxygen atoms in total. The van der Waals surface area contributed by atoms with E-state index in [1.807, 2.05) is 11.3 Å². The molecule has 0 saturated heterocycles. The fraction of sp³-hybridized carbons (Fsp3) is 0.0526. The standard InChI is InChI=1S/C57H41NS/c1-57(2)50-27-13-11-22-45(50)49-26-16-29-52(56(49)57)58(42-34-31-38(32-35-42)41-33-36-47-46-23-12-14-30-53(46)59-54(47)37-41)51-28-15-25-44(40-19-7-4-8-20-40)55(51)48-24-10-9-21-43(48)39-17-5-3-6-18-39/h3-37H,1-2H3. The molecule has 0 unspecified atom stereocenters. The van der Waals surface area contributed by atoms with Crippen molar-refractivity contribution in [1.82, 2.24) is 0 Å². The Morgan fingerprint density at radius 1 is 0.373 bits per heavy atom. The Labute approximate surface area is 350 Å². The Morgan fingerprint density at radius 3 is 1.69 bits per heavy atom. The van der Waals surface area contributed by atoms with Gasteiger partial charge in [0, 0.05) is 36.8 Å². The molecule has 0 amide bonds. The van der Waals surface area contributed by atoms with Crippen molar-refractivity contribution in [3.63, 3.8) is 0 Å². The van der Waals surface area contributed by atoms with Gasteiger partial charge in [-0.3, -0.25) is 0 Å². The zero-order chi connectivity index (χ0) is 39.5. The lowest BCUT2D eigenvalue weighted by atomic mass is 9.81. The summed E-state index contributed by atoms with van der Waals surface area (Å²) >= 11 is 1.87. The van der Waals surface area contributed by atoms with Crippen LogP contribution >= 0.6 is 11.3 Å². The molecule has 1 heterocycles. The normalized spacial score (nSPS) is 12.7. The zero-order valence-corrected chi connectivity index (χ0v) is 33.9. The third kappa shape index (κ3) is 5.82. The first-order valence-corrected chi connectivity index (χ1v) is 21.2. The van der Waals surface area contributed by atoms with Gasteiger partial charge in [0.15, 0.2) is 0 Å². The summed E-state index contributed by atoms with van der Waals surface area (Å²) in [6.07, 6.45) is 0.